The molecule has 0 spiro atoms. The molecule has 1 aliphatic heterocycles. The van der Waals surface area contributed by atoms with E-state index in [-0.39, 0.29) is 16.9 Å². The molecule has 0 aromatic carbocycles. The third kappa shape index (κ3) is 2.62. The number of halogens is 1. The van der Waals surface area contributed by atoms with Crippen molar-refractivity contribution in [3.05, 3.63) is 29.8 Å². The lowest BCUT2D eigenvalue weighted by Gasteiger charge is -2.38. The van der Waals surface area contributed by atoms with Gasteiger partial charge in [-0.3, -0.25) is 9.78 Å². The van der Waals surface area contributed by atoms with E-state index in [2.05, 4.69) is 18.8 Å². The van der Waals surface area contributed by atoms with Crippen LogP contribution in [0.4, 0.5) is 4.39 Å². The molecule has 0 saturated carbocycles. The van der Waals surface area contributed by atoms with Gasteiger partial charge in [-0.05, 0) is 24.3 Å². The molecular weight excluding hydrogens is 219 g/mol. The normalized spacial score (nSPS) is 19.1. The molecule has 0 atom stereocenters. The van der Waals surface area contributed by atoms with Gasteiger partial charge in [-0.25, -0.2) is 4.39 Å². The molecule has 0 aliphatic carbocycles. The van der Waals surface area contributed by atoms with E-state index >= 15 is 0 Å². The summed E-state index contributed by atoms with van der Waals surface area (Å²) >= 11 is 0. The molecule has 1 fully saturated rings. The van der Waals surface area contributed by atoms with E-state index in [1.807, 2.05) is 0 Å². The van der Waals surface area contributed by atoms with Gasteiger partial charge in [0.2, 0.25) is 0 Å². The molecule has 17 heavy (non-hydrogen) atoms. The SMILES string of the molecule is CC1(C)CCCN(C(=O)c2ccncc2F)C1. The monoisotopic (exact) mass is 236 g/mol. The van der Waals surface area contributed by atoms with Crippen molar-refractivity contribution < 1.29 is 9.18 Å². The summed E-state index contributed by atoms with van der Waals surface area (Å²) in [6.45, 7) is 5.67. The zero-order valence-corrected chi connectivity index (χ0v) is 10.2. The zero-order valence-electron chi connectivity index (χ0n) is 10.2. The molecule has 4 heteroatoms. The molecule has 1 aliphatic rings. The van der Waals surface area contributed by atoms with Crippen LogP contribution in [-0.2, 0) is 0 Å². The number of aromatic nitrogens is 1. The van der Waals surface area contributed by atoms with Crippen LogP contribution >= 0.6 is 0 Å². The topological polar surface area (TPSA) is 33.2 Å². The Morgan fingerprint density at radius 2 is 2.29 bits per heavy atom. The van der Waals surface area contributed by atoms with Crippen LogP contribution < -0.4 is 0 Å². The first-order valence-electron chi connectivity index (χ1n) is 5.88. The predicted molar refractivity (Wildman–Crippen MR) is 63.1 cm³/mol. The zero-order chi connectivity index (χ0) is 12.5. The number of pyridine rings is 1. The molecule has 0 radical (unpaired) electrons. The van der Waals surface area contributed by atoms with Gasteiger partial charge in [-0.2, -0.15) is 0 Å². The van der Waals surface area contributed by atoms with Crippen molar-refractivity contribution in [2.45, 2.75) is 26.7 Å². The van der Waals surface area contributed by atoms with Crippen molar-refractivity contribution in [3.63, 3.8) is 0 Å². The fraction of sp³-hybridized carbons (Fsp3) is 0.538. The van der Waals surface area contributed by atoms with Crippen LogP contribution in [0, 0.1) is 11.2 Å². The summed E-state index contributed by atoms with van der Waals surface area (Å²) in [6, 6.07) is 1.44. The number of amides is 1. The summed E-state index contributed by atoms with van der Waals surface area (Å²) in [5, 5.41) is 0. The van der Waals surface area contributed by atoms with Gasteiger partial charge < -0.3 is 4.90 Å². The van der Waals surface area contributed by atoms with Gasteiger partial charge in [0.1, 0.15) is 0 Å². The number of carbonyl (C=O) groups excluding carboxylic acids is 1. The van der Waals surface area contributed by atoms with Gasteiger partial charge in [-0.1, -0.05) is 13.8 Å². The number of piperidine rings is 1. The highest BCUT2D eigenvalue weighted by Gasteiger charge is 2.30. The van der Waals surface area contributed by atoms with E-state index in [1.54, 1.807) is 4.90 Å². The third-order valence-corrected chi connectivity index (χ3v) is 3.19. The minimum atomic E-state index is -0.541. The first kappa shape index (κ1) is 12.0. The smallest absolute Gasteiger partial charge is 0.256 e. The van der Waals surface area contributed by atoms with E-state index in [0.717, 1.165) is 19.0 Å². The van der Waals surface area contributed by atoms with Crippen LogP contribution in [0.25, 0.3) is 0 Å². The quantitative estimate of drug-likeness (QED) is 0.750. The second kappa shape index (κ2) is 4.43. The van der Waals surface area contributed by atoms with Gasteiger partial charge >= 0.3 is 0 Å². The molecule has 1 aromatic heterocycles. The van der Waals surface area contributed by atoms with Crippen molar-refractivity contribution in [1.29, 1.82) is 0 Å². The minimum Gasteiger partial charge on any atom is -0.338 e. The Balaban J connectivity index is 2.18. The summed E-state index contributed by atoms with van der Waals surface area (Å²) in [5.41, 5.74) is 0.245. The third-order valence-electron chi connectivity index (χ3n) is 3.19. The molecule has 0 bridgehead atoms. The van der Waals surface area contributed by atoms with Crippen molar-refractivity contribution in [2.75, 3.05) is 13.1 Å². The maximum absolute atomic E-state index is 13.5. The molecule has 1 amide bonds. The summed E-state index contributed by atoms with van der Waals surface area (Å²) < 4.78 is 13.5. The Morgan fingerprint density at radius 1 is 1.53 bits per heavy atom. The molecular formula is C13H17FN2O. The van der Waals surface area contributed by atoms with Crippen molar-refractivity contribution in [3.8, 4) is 0 Å². The summed E-state index contributed by atoms with van der Waals surface area (Å²) in [7, 11) is 0. The standard InChI is InChI=1S/C13H17FN2O/c1-13(2)5-3-7-16(9-13)12(17)10-4-6-15-8-11(10)14/h4,6,8H,3,5,7,9H2,1-2H3. The predicted octanol–water partition coefficient (Wildman–Crippen LogP) is 2.48. The average Bonchev–Trinajstić information content (AvgIpc) is 2.27. The highest BCUT2D eigenvalue weighted by Crippen LogP contribution is 2.29. The largest absolute Gasteiger partial charge is 0.338 e. The Morgan fingerprint density at radius 3 is 2.94 bits per heavy atom. The van der Waals surface area contributed by atoms with E-state index in [1.165, 1.54) is 12.3 Å². The van der Waals surface area contributed by atoms with Gasteiger partial charge in [0.15, 0.2) is 5.82 Å². The maximum Gasteiger partial charge on any atom is 0.256 e. The van der Waals surface area contributed by atoms with Crippen LogP contribution in [0.15, 0.2) is 18.5 Å². The fourth-order valence-corrected chi connectivity index (χ4v) is 2.32. The second-order valence-corrected chi connectivity index (χ2v) is 5.35. The summed E-state index contributed by atoms with van der Waals surface area (Å²) in [6.07, 6.45) is 4.62. The molecule has 2 heterocycles. The first-order valence-corrected chi connectivity index (χ1v) is 5.88. The van der Waals surface area contributed by atoms with Crippen LogP contribution in [-0.4, -0.2) is 28.9 Å². The highest BCUT2D eigenvalue weighted by atomic mass is 19.1. The van der Waals surface area contributed by atoms with E-state index in [4.69, 9.17) is 0 Å². The lowest BCUT2D eigenvalue weighted by Crippen LogP contribution is -2.43. The van der Waals surface area contributed by atoms with Crippen LogP contribution in [0.3, 0.4) is 0 Å². The number of likely N-dealkylation sites (tertiary alicyclic amines) is 1. The van der Waals surface area contributed by atoms with Crippen molar-refractivity contribution >= 4 is 5.91 Å². The van der Waals surface area contributed by atoms with Crippen molar-refractivity contribution in [1.82, 2.24) is 9.88 Å². The van der Waals surface area contributed by atoms with E-state index in [9.17, 15) is 9.18 Å². The van der Waals surface area contributed by atoms with Crippen LogP contribution in [0.5, 0.6) is 0 Å². The average molecular weight is 236 g/mol. The summed E-state index contributed by atoms with van der Waals surface area (Å²) in [4.78, 5) is 17.6. The molecule has 0 unspecified atom stereocenters. The molecule has 3 nitrogen and oxygen atoms in total. The first-order chi connectivity index (χ1) is 7.99. The molecule has 1 aromatic rings. The molecule has 2 rings (SSSR count). The van der Waals surface area contributed by atoms with Gasteiger partial charge in [0.05, 0.1) is 11.8 Å². The van der Waals surface area contributed by atoms with Crippen LogP contribution in [0.1, 0.15) is 37.0 Å². The lowest BCUT2D eigenvalue weighted by atomic mass is 9.84. The number of hydrogen-bond donors (Lipinski definition) is 0. The second-order valence-electron chi connectivity index (χ2n) is 5.35. The maximum atomic E-state index is 13.5. The number of rotatable bonds is 1. The van der Waals surface area contributed by atoms with Gasteiger partial charge in [0.25, 0.3) is 5.91 Å². The highest BCUT2D eigenvalue weighted by molar-refractivity contribution is 5.94. The Kier molecular flexibility index (Phi) is 3.13. The van der Waals surface area contributed by atoms with Crippen LogP contribution in [0.2, 0.25) is 0 Å². The molecule has 0 N–H and O–H groups in total. The van der Waals surface area contributed by atoms with Gasteiger partial charge in [0, 0.05) is 19.3 Å². The number of hydrogen-bond acceptors (Lipinski definition) is 2. The Labute approximate surface area is 101 Å². The minimum absolute atomic E-state index is 0.122. The fourth-order valence-electron chi connectivity index (χ4n) is 2.32. The Hall–Kier alpha value is -1.45. The summed E-state index contributed by atoms with van der Waals surface area (Å²) in [5.74, 6) is -0.765. The lowest BCUT2D eigenvalue weighted by molar-refractivity contribution is 0.0578. The van der Waals surface area contributed by atoms with E-state index < -0.39 is 5.82 Å². The number of carbonyl (C=O) groups is 1. The van der Waals surface area contributed by atoms with E-state index in [0.29, 0.717) is 13.1 Å². The van der Waals surface area contributed by atoms with Gasteiger partial charge in [-0.15, -0.1) is 0 Å². The number of nitrogens with zero attached hydrogens (tertiary/aromatic N) is 2. The van der Waals surface area contributed by atoms with Crippen molar-refractivity contribution in [2.24, 2.45) is 5.41 Å². The molecule has 1 saturated heterocycles. The Bertz CT molecular complexity index is 431. The molecule has 92 valence electrons.